The van der Waals surface area contributed by atoms with Crippen molar-refractivity contribution in [3.8, 4) is 0 Å². The molecule has 0 bridgehead atoms. The Balaban J connectivity index is 1.79. The first-order chi connectivity index (χ1) is 11.9. The van der Waals surface area contributed by atoms with E-state index in [-0.39, 0.29) is 30.4 Å². The third-order valence-electron chi connectivity index (χ3n) is 3.44. The molecule has 0 fully saturated rings. The lowest BCUT2D eigenvalue weighted by Gasteiger charge is -2.08. The molecule has 5 nitrogen and oxygen atoms in total. The van der Waals surface area contributed by atoms with Crippen molar-refractivity contribution < 1.29 is 18.8 Å². The third kappa shape index (κ3) is 6.18. The van der Waals surface area contributed by atoms with Crippen molar-refractivity contribution in [1.29, 1.82) is 0 Å². The zero-order valence-electron chi connectivity index (χ0n) is 13.8. The van der Waals surface area contributed by atoms with Crippen LogP contribution in [0, 0.1) is 5.82 Å². The van der Waals surface area contributed by atoms with Gasteiger partial charge in [0.2, 0.25) is 11.8 Å². The van der Waals surface area contributed by atoms with Gasteiger partial charge in [0.05, 0.1) is 0 Å². The van der Waals surface area contributed by atoms with Crippen LogP contribution in [0.15, 0.2) is 48.5 Å². The highest BCUT2D eigenvalue weighted by Crippen LogP contribution is 2.16. The summed E-state index contributed by atoms with van der Waals surface area (Å²) in [6.45, 7) is 1.41. The van der Waals surface area contributed by atoms with E-state index >= 15 is 0 Å². The molecule has 0 saturated heterocycles. The summed E-state index contributed by atoms with van der Waals surface area (Å²) in [5, 5.41) is 5.36. The van der Waals surface area contributed by atoms with Crippen LogP contribution < -0.4 is 10.6 Å². The number of amides is 2. The van der Waals surface area contributed by atoms with E-state index in [4.69, 9.17) is 0 Å². The number of ketones is 1. The van der Waals surface area contributed by atoms with Crippen molar-refractivity contribution in [1.82, 2.24) is 0 Å². The Morgan fingerprint density at radius 3 is 2.20 bits per heavy atom. The highest BCUT2D eigenvalue weighted by Gasteiger charge is 2.08. The highest BCUT2D eigenvalue weighted by molar-refractivity contribution is 5.97. The molecule has 0 heterocycles. The molecule has 2 rings (SSSR count). The molecule has 0 aliphatic heterocycles. The lowest BCUT2D eigenvalue weighted by Crippen LogP contribution is -2.12. The number of anilines is 2. The maximum atomic E-state index is 12.8. The Kier molecular flexibility index (Phi) is 6.39. The molecule has 0 unspecified atom stereocenters. The summed E-state index contributed by atoms with van der Waals surface area (Å²) < 4.78 is 12.8. The van der Waals surface area contributed by atoms with Crippen LogP contribution in [-0.4, -0.2) is 17.6 Å². The van der Waals surface area contributed by atoms with E-state index < -0.39 is 5.82 Å². The van der Waals surface area contributed by atoms with E-state index in [1.165, 1.54) is 31.2 Å². The van der Waals surface area contributed by atoms with Crippen molar-refractivity contribution in [3.63, 3.8) is 0 Å². The number of carbonyl (C=O) groups excluding carboxylic acids is 3. The third-order valence-corrected chi connectivity index (χ3v) is 3.44. The minimum Gasteiger partial charge on any atom is -0.326 e. The van der Waals surface area contributed by atoms with Crippen LogP contribution in [0.5, 0.6) is 0 Å². The number of hydrogen-bond donors (Lipinski definition) is 2. The molecule has 2 N–H and O–H groups in total. The Morgan fingerprint density at radius 2 is 1.56 bits per heavy atom. The molecule has 0 aliphatic carbocycles. The predicted molar refractivity (Wildman–Crippen MR) is 94.0 cm³/mol. The minimum atomic E-state index is -0.391. The monoisotopic (exact) mass is 342 g/mol. The van der Waals surface area contributed by atoms with Gasteiger partial charge in [-0.05, 0) is 48.9 Å². The molecule has 2 aromatic rings. The normalized spacial score (nSPS) is 10.2. The van der Waals surface area contributed by atoms with Gasteiger partial charge in [-0.2, -0.15) is 0 Å². The van der Waals surface area contributed by atoms with Crippen molar-refractivity contribution in [2.45, 2.75) is 26.2 Å². The first-order valence-corrected chi connectivity index (χ1v) is 7.90. The second kappa shape index (κ2) is 8.73. The molecule has 130 valence electrons. The first-order valence-electron chi connectivity index (χ1n) is 7.90. The van der Waals surface area contributed by atoms with Gasteiger partial charge in [0.25, 0.3) is 0 Å². The summed E-state index contributed by atoms with van der Waals surface area (Å²) in [6.07, 6.45) is 0.801. The van der Waals surface area contributed by atoms with Gasteiger partial charge >= 0.3 is 0 Å². The van der Waals surface area contributed by atoms with E-state index in [0.717, 1.165) is 0 Å². The lowest BCUT2D eigenvalue weighted by atomic mass is 10.1. The zero-order chi connectivity index (χ0) is 18.2. The summed E-state index contributed by atoms with van der Waals surface area (Å²) in [6, 6.07) is 12.2. The number of hydrogen-bond acceptors (Lipinski definition) is 3. The second-order valence-electron chi connectivity index (χ2n) is 5.59. The summed E-state index contributed by atoms with van der Waals surface area (Å²) >= 11 is 0. The van der Waals surface area contributed by atoms with E-state index in [1.807, 2.05) is 0 Å². The average Bonchev–Trinajstić information content (AvgIpc) is 2.55. The van der Waals surface area contributed by atoms with Gasteiger partial charge in [0.15, 0.2) is 5.78 Å². The first kappa shape index (κ1) is 18.3. The number of rotatable bonds is 7. The Hall–Kier alpha value is -3.02. The summed E-state index contributed by atoms with van der Waals surface area (Å²) in [5.74, 6) is -0.924. The molecule has 2 aromatic carbocycles. The van der Waals surface area contributed by atoms with E-state index in [2.05, 4.69) is 10.6 Å². The molecular weight excluding hydrogens is 323 g/mol. The van der Waals surface area contributed by atoms with Gasteiger partial charge < -0.3 is 10.6 Å². The number of Topliss-reactive ketones (excluding diaryl/α,β-unsaturated/α-hetero) is 1. The number of halogens is 1. The standard InChI is InChI=1S/C19H19FN2O3/c1-13(23)21-16-4-2-5-17(12-16)22-19(25)7-3-6-18(24)14-8-10-15(20)11-9-14/h2,4-5,8-12H,3,6-7H2,1H3,(H,21,23)(H,22,25). The lowest BCUT2D eigenvalue weighted by molar-refractivity contribution is -0.116. The molecule has 2 amide bonds. The summed E-state index contributed by atoms with van der Waals surface area (Å²) in [5.41, 5.74) is 1.60. The summed E-state index contributed by atoms with van der Waals surface area (Å²) in [7, 11) is 0. The molecule has 0 aromatic heterocycles. The van der Waals surface area contributed by atoms with Gasteiger partial charge in [-0.1, -0.05) is 6.07 Å². The van der Waals surface area contributed by atoms with Crippen LogP contribution >= 0.6 is 0 Å². The number of nitrogens with one attached hydrogen (secondary N) is 2. The average molecular weight is 342 g/mol. The molecule has 0 aliphatic rings. The van der Waals surface area contributed by atoms with E-state index in [1.54, 1.807) is 24.3 Å². The van der Waals surface area contributed by atoms with Crippen LogP contribution in [0.3, 0.4) is 0 Å². The highest BCUT2D eigenvalue weighted by atomic mass is 19.1. The Labute approximate surface area is 145 Å². The topological polar surface area (TPSA) is 75.3 Å². The molecule has 0 spiro atoms. The Bertz CT molecular complexity index is 772. The fourth-order valence-electron chi connectivity index (χ4n) is 2.29. The zero-order valence-corrected chi connectivity index (χ0v) is 13.8. The van der Waals surface area contributed by atoms with Gasteiger partial charge in [-0.3, -0.25) is 14.4 Å². The molecule has 6 heteroatoms. The summed E-state index contributed by atoms with van der Waals surface area (Å²) in [4.78, 5) is 34.9. The molecule has 25 heavy (non-hydrogen) atoms. The van der Waals surface area contributed by atoms with Gasteiger partial charge in [-0.15, -0.1) is 0 Å². The second-order valence-corrected chi connectivity index (χ2v) is 5.59. The van der Waals surface area contributed by atoms with E-state index in [9.17, 15) is 18.8 Å². The van der Waals surface area contributed by atoms with Crippen LogP contribution in [0.2, 0.25) is 0 Å². The quantitative estimate of drug-likeness (QED) is 0.752. The minimum absolute atomic E-state index is 0.125. The maximum absolute atomic E-state index is 12.8. The van der Waals surface area contributed by atoms with Crippen molar-refractivity contribution in [2.24, 2.45) is 0 Å². The van der Waals surface area contributed by atoms with Crippen LogP contribution in [0.25, 0.3) is 0 Å². The molecule has 0 radical (unpaired) electrons. The van der Waals surface area contributed by atoms with Crippen LogP contribution in [-0.2, 0) is 9.59 Å². The van der Waals surface area contributed by atoms with E-state index in [0.29, 0.717) is 23.4 Å². The predicted octanol–water partition coefficient (Wildman–Crippen LogP) is 3.78. The fourth-order valence-corrected chi connectivity index (χ4v) is 2.29. The van der Waals surface area contributed by atoms with Crippen molar-refractivity contribution >= 4 is 29.0 Å². The van der Waals surface area contributed by atoms with Crippen molar-refractivity contribution in [2.75, 3.05) is 10.6 Å². The largest absolute Gasteiger partial charge is 0.326 e. The van der Waals surface area contributed by atoms with Crippen LogP contribution in [0.1, 0.15) is 36.5 Å². The van der Waals surface area contributed by atoms with Crippen molar-refractivity contribution in [3.05, 3.63) is 59.9 Å². The number of carbonyl (C=O) groups is 3. The smallest absolute Gasteiger partial charge is 0.224 e. The number of benzene rings is 2. The molecule has 0 saturated carbocycles. The maximum Gasteiger partial charge on any atom is 0.224 e. The SMILES string of the molecule is CC(=O)Nc1cccc(NC(=O)CCCC(=O)c2ccc(F)cc2)c1. The van der Waals surface area contributed by atoms with Gasteiger partial charge in [-0.25, -0.2) is 4.39 Å². The molecular formula is C19H19FN2O3. The van der Waals surface area contributed by atoms with Gasteiger partial charge in [0.1, 0.15) is 5.82 Å². The van der Waals surface area contributed by atoms with Gasteiger partial charge in [0, 0.05) is 36.7 Å². The fraction of sp³-hybridized carbons (Fsp3) is 0.211. The molecule has 0 atom stereocenters. The van der Waals surface area contributed by atoms with Crippen LogP contribution in [0.4, 0.5) is 15.8 Å². The Morgan fingerprint density at radius 1 is 0.920 bits per heavy atom.